The fourth-order valence-electron chi connectivity index (χ4n) is 1.83. The van der Waals surface area contributed by atoms with Crippen molar-refractivity contribution >= 4 is 5.91 Å². The predicted octanol–water partition coefficient (Wildman–Crippen LogP) is 0.754. The summed E-state index contributed by atoms with van der Waals surface area (Å²) < 4.78 is 1.74. The number of carbonyl (C=O) groups is 1. The molecule has 1 rings (SSSR count). The zero-order chi connectivity index (χ0) is 12.8. The molecule has 2 N–H and O–H groups in total. The standard InChI is InChI=1S/C12H22N4O/c1-10(5-4-6-13)12(17)15(2)8-11-7-14-16(3)9-11/h7,9-10H,4-6,8,13H2,1-3H3. The highest BCUT2D eigenvalue weighted by atomic mass is 16.2. The molecule has 1 atom stereocenters. The molecule has 0 bridgehead atoms. The molecule has 1 heterocycles. The molecule has 0 radical (unpaired) electrons. The van der Waals surface area contributed by atoms with Gasteiger partial charge in [0.25, 0.3) is 0 Å². The molecule has 1 unspecified atom stereocenters. The fourth-order valence-corrected chi connectivity index (χ4v) is 1.83. The number of aryl methyl sites for hydroxylation is 1. The van der Waals surface area contributed by atoms with Crippen LogP contribution >= 0.6 is 0 Å². The number of hydrogen-bond donors (Lipinski definition) is 1. The number of rotatable bonds is 6. The van der Waals surface area contributed by atoms with Crippen LogP contribution in [0.15, 0.2) is 12.4 Å². The lowest BCUT2D eigenvalue weighted by molar-refractivity contribution is -0.134. The molecular formula is C12H22N4O. The Balaban J connectivity index is 2.46. The summed E-state index contributed by atoms with van der Waals surface area (Å²) in [6.07, 6.45) is 5.46. The van der Waals surface area contributed by atoms with Crippen molar-refractivity contribution in [3.63, 3.8) is 0 Å². The van der Waals surface area contributed by atoms with E-state index in [2.05, 4.69) is 5.10 Å². The first-order valence-electron chi connectivity index (χ1n) is 5.97. The Labute approximate surface area is 103 Å². The second-order valence-electron chi connectivity index (χ2n) is 4.55. The van der Waals surface area contributed by atoms with Gasteiger partial charge in [-0.3, -0.25) is 9.48 Å². The van der Waals surface area contributed by atoms with Crippen LogP contribution in [-0.4, -0.2) is 34.2 Å². The molecule has 0 fully saturated rings. The first kappa shape index (κ1) is 13.7. The van der Waals surface area contributed by atoms with Crippen molar-refractivity contribution in [1.82, 2.24) is 14.7 Å². The summed E-state index contributed by atoms with van der Waals surface area (Å²) in [5.74, 6) is 0.211. The maximum atomic E-state index is 12.0. The second kappa shape index (κ2) is 6.39. The van der Waals surface area contributed by atoms with E-state index in [4.69, 9.17) is 5.73 Å². The highest BCUT2D eigenvalue weighted by Crippen LogP contribution is 2.10. The fraction of sp³-hybridized carbons (Fsp3) is 0.667. The van der Waals surface area contributed by atoms with Crippen LogP contribution in [0.1, 0.15) is 25.3 Å². The van der Waals surface area contributed by atoms with Gasteiger partial charge in [0.05, 0.1) is 6.20 Å². The van der Waals surface area contributed by atoms with Gasteiger partial charge in [-0.1, -0.05) is 6.92 Å². The number of nitrogens with zero attached hydrogens (tertiary/aromatic N) is 3. The first-order valence-corrected chi connectivity index (χ1v) is 5.97. The minimum absolute atomic E-state index is 0.0419. The average molecular weight is 238 g/mol. The lowest BCUT2D eigenvalue weighted by Gasteiger charge is -2.20. The van der Waals surface area contributed by atoms with Gasteiger partial charge in [0.15, 0.2) is 0 Å². The molecule has 1 amide bonds. The monoisotopic (exact) mass is 238 g/mol. The highest BCUT2D eigenvalue weighted by molar-refractivity contribution is 5.78. The van der Waals surface area contributed by atoms with E-state index in [1.54, 1.807) is 15.8 Å². The molecule has 0 aliphatic heterocycles. The third kappa shape index (κ3) is 4.19. The van der Waals surface area contributed by atoms with Crippen LogP contribution in [0.2, 0.25) is 0 Å². The average Bonchev–Trinajstić information content (AvgIpc) is 2.70. The van der Waals surface area contributed by atoms with Crippen molar-refractivity contribution < 1.29 is 4.79 Å². The Kier molecular flexibility index (Phi) is 5.15. The van der Waals surface area contributed by atoms with Crippen LogP contribution in [0, 0.1) is 5.92 Å². The summed E-state index contributed by atoms with van der Waals surface area (Å²) in [5, 5.41) is 4.09. The molecule has 0 aliphatic rings. The van der Waals surface area contributed by atoms with Gasteiger partial charge in [0.1, 0.15) is 0 Å². The number of hydrogen-bond acceptors (Lipinski definition) is 3. The van der Waals surface area contributed by atoms with Gasteiger partial charge in [-0.15, -0.1) is 0 Å². The van der Waals surface area contributed by atoms with E-state index in [1.807, 2.05) is 27.2 Å². The lowest BCUT2D eigenvalue weighted by atomic mass is 10.0. The molecule has 5 heteroatoms. The summed E-state index contributed by atoms with van der Waals surface area (Å²) in [4.78, 5) is 13.8. The van der Waals surface area contributed by atoms with Crippen molar-refractivity contribution in [3.05, 3.63) is 18.0 Å². The smallest absolute Gasteiger partial charge is 0.225 e. The third-order valence-corrected chi connectivity index (χ3v) is 2.82. The molecule has 96 valence electrons. The maximum absolute atomic E-state index is 12.0. The van der Waals surface area contributed by atoms with Gasteiger partial charge < -0.3 is 10.6 Å². The zero-order valence-electron chi connectivity index (χ0n) is 10.9. The predicted molar refractivity (Wildman–Crippen MR) is 67.1 cm³/mol. The summed E-state index contributed by atoms with van der Waals surface area (Å²) >= 11 is 0. The Morgan fingerprint density at radius 2 is 2.35 bits per heavy atom. The van der Waals surface area contributed by atoms with E-state index in [0.29, 0.717) is 13.1 Å². The quantitative estimate of drug-likeness (QED) is 0.795. The van der Waals surface area contributed by atoms with E-state index < -0.39 is 0 Å². The Morgan fingerprint density at radius 1 is 1.65 bits per heavy atom. The molecule has 5 nitrogen and oxygen atoms in total. The maximum Gasteiger partial charge on any atom is 0.225 e. The molecule has 0 saturated carbocycles. The molecule has 1 aromatic rings. The number of carbonyl (C=O) groups excluding carboxylic acids is 1. The summed E-state index contributed by atoms with van der Waals surface area (Å²) in [5.41, 5.74) is 6.49. The summed E-state index contributed by atoms with van der Waals surface area (Å²) in [6.45, 7) is 3.21. The van der Waals surface area contributed by atoms with Gasteiger partial charge in [0, 0.05) is 38.3 Å². The molecule has 0 aliphatic carbocycles. The van der Waals surface area contributed by atoms with Crippen LogP contribution in [0.25, 0.3) is 0 Å². The number of amides is 1. The first-order chi connectivity index (χ1) is 8.04. The number of nitrogens with two attached hydrogens (primary N) is 1. The van der Waals surface area contributed by atoms with E-state index in [-0.39, 0.29) is 11.8 Å². The van der Waals surface area contributed by atoms with Crippen LogP contribution in [0.4, 0.5) is 0 Å². The minimum Gasteiger partial charge on any atom is -0.341 e. The summed E-state index contributed by atoms with van der Waals surface area (Å²) in [7, 11) is 3.70. The zero-order valence-corrected chi connectivity index (χ0v) is 10.9. The van der Waals surface area contributed by atoms with E-state index in [9.17, 15) is 4.79 Å². The minimum atomic E-state index is 0.0419. The second-order valence-corrected chi connectivity index (χ2v) is 4.55. The van der Waals surface area contributed by atoms with Crippen LogP contribution < -0.4 is 5.73 Å². The number of aromatic nitrogens is 2. The van der Waals surface area contributed by atoms with Gasteiger partial charge in [-0.05, 0) is 19.4 Å². The van der Waals surface area contributed by atoms with Gasteiger partial charge in [-0.25, -0.2) is 0 Å². The van der Waals surface area contributed by atoms with E-state index in [0.717, 1.165) is 18.4 Å². The molecule has 0 saturated heterocycles. The van der Waals surface area contributed by atoms with Crippen LogP contribution in [0.5, 0.6) is 0 Å². The SMILES string of the molecule is CC(CCCN)C(=O)N(C)Cc1cnn(C)c1. The van der Waals surface area contributed by atoms with E-state index >= 15 is 0 Å². The van der Waals surface area contributed by atoms with Crippen molar-refractivity contribution in [3.8, 4) is 0 Å². The molecule has 17 heavy (non-hydrogen) atoms. The molecule has 0 aromatic carbocycles. The largest absolute Gasteiger partial charge is 0.341 e. The Hall–Kier alpha value is -1.36. The Bertz CT molecular complexity index is 361. The van der Waals surface area contributed by atoms with Crippen LogP contribution in [0.3, 0.4) is 0 Å². The lowest BCUT2D eigenvalue weighted by Crippen LogP contribution is -2.31. The third-order valence-electron chi connectivity index (χ3n) is 2.82. The topological polar surface area (TPSA) is 64.2 Å². The summed E-state index contributed by atoms with van der Waals surface area (Å²) in [6, 6.07) is 0. The van der Waals surface area contributed by atoms with Gasteiger partial charge >= 0.3 is 0 Å². The Morgan fingerprint density at radius 3 is 2.88 bits per heavy atom. The van der Waals surface area contributed by atoms with Crippen molar-refractivity contribution in [1.29, 1.82) is 0 Å². The van der Waals surface area contributed by atoms with Crippen molar-refractivity contribution in [2.24, 2.45) is 18.7 Å². The highest BCUT2D eigenvalue weighted by Gasteiger charge is 2.17. The van der Waals surface area contributed by atoms with Gasteiger partial charge in [-0.2, -0.15) is 5.10 Å². The van der Waals surface area contributed by atoms with Crippen molar-refractivity contribution in [2.75, 3.05) is 13.6 Å². The van der Waals surface area contributed by atoms with Crippen LogP contribution in [-0.2, 0) is 18.4 Å². The van der Waals surface area contributed by atoms with Gasteiger partial charge in [0.2, 0.25) is 5.91 Å². The van der Waals surface area contributed by atoms with E-state index in [1.165, 1.54) is 0 Å². The molecular weight excluding hydrogens is 216 g/mol. The van der Waals surface area contributed by atoms with Crippen molar-refractivity contribution in [2.45, 2.75) is 26.3 Å². The molecule has 1 aromatic heterocycles. The molecule has 0 spiro atoms. The normalized spacial score (nSPS) is 12.5.